The normalized spacial score (nSPS) is 11.8. The van der Waals surface area contributed by atoms with Gasteiger partial charge in [0, 0.05) is 32.5 Å². The lowest BCUT2D eigenvalue weighted by Gasteiger charge is -2.15. The molecule has 0 radical (unpaired) electrons. The van der Waals surface area contributed by atoms with Gasteiger partial charge in [-0.05, 0) is 94.0 Å². The fourth-order valence-corrected chi connectivity index (χ4v) is 9.05. The highest BCUT2D eigenvalue weighted by Gasteiger charge is 2.21. The summed E-state index contributed by atoms with van der Waals surface area (Å²) in [4.78, 5) is 10.8. The highest BCUT2D eigenvalue weighted by Crippen LogP contribution is 2.43. The SMILES string of the molecule is c1ccc(-c2cccc(-c3cc(-c4cccc(-c5ccccc5)c4)nc(-n4c5ccccc5c5c6c7ccccc7n7c8ccccc8nc7c6ccc54)c3)c2)cc1. The summed E-state index contributed by atoms with van der Waals surface area (Å²) in [7, 11) is 0. The molecular formula is C54H34N4. The number of rotatable bonds is 5. The second-order valence-corrected chi connectivity index (χ2v) is 15.0. The summed E-state index contributed by atoms with van der Waals surface area (Å²) in [5.74, 6) is 0.866. The lowest BCUT2D eigenvalue weighted by Crippen LogP contribution is -2.00. The summed E-state index contributed by atoms with van der Waals surface area (Å²) < 4.78 is 4.68. The van der Waals surface area contributed by atoms with Crippen molar-refractivity contribution < 1.29 is 0 Å². The van der Waals surface area contributed by atoms with Gasteiger partial charge in [-0.3, -0.25) is 8.97 Å². The molecule has 0 aliphatic heterocycles. The van der Waals surface area contributed by atoms with Crippen LogP contribution < -0.4 is 0 Å². The van der Waals surface area contributed by atoms with E-state index in [0.717, 1.165) is 72.4 Å². The molecular weight excluding hydrogens is 705 g/mol. The highest BCUT2D eigenvalue weighted by atomic mass is 15.1. The predicted octanol–water partition coefficient (Wildman–Crippen LogP) is 14.0. The second kappa shape index (κ2) is 12.9. The third kappa shape index (κ3) is 5.02. The maximum absolute atomic E-state index is 5.55. The van der Waals surface area contributed by atoms with E-state index in [0.29, 0.717) is 0 Å². The Balaban J connectivity index is 1.16. The van der Waals surface area contributed by atoms with Gasteiger partial charge in [-0.15, -0.1) is 0 Å². The van der Waals surface area contributed by atoms with Crippen LogP contribution in [-0.4, -0.2) is 18.9 Å². The number of pyridine rings is 2. The molecule has 4 heteroatoms. The molecule has 0 N–H and O–H groups in total. The molecule has 0 saturated heterocycles. The number of aromatic nitrogens is 4. The Hall–Kier alpha value is -7.82. The van der Waals surface area contributed by atoms with Crippen LogP contribution >= 0.6 is 0 Å². The Bertz CT molecular complexity index is 3460. The maximum Gasteiger partial charge on any atom is 0.146 e. The molecule has 12 aromatic rings. The zero-order valence-corrected chi connectivity index (χ0v) is 31.4. The van der Waals surface area contributed by atoms with E-state index in [-0.39, 0.29) is 0 Å². The van der Waals surface area contributed by atoms with Gasteiger partial charge < -0.3 is 0 Å². The van der Waals surface area contributed by atoms with Crippen LogP contribution in [0.1, 0.15) is 0 Å². The van der Waals surface area contributed by atoms with E-state index in [1.807, 2.05) is 0 Å². The number of benzene rings is 8. The van der Waals surface area contributed by atoms with Crippen LogP contribution in [0.4, 0.5) is 0 Å². The van der Waals surface area contributed by atoms with Crippen LogP contribution in [0.3, 0.4) is 0 Å². The van der Waals surface area contributed by atoms with E-state index in [9.17, 15) is 0 Å². The average molecular weight is 739 g/mol. The van der Waals surface area contributed by atoms with Crippen LogP contribution in [0.2, 0.25) is 0 Å². The van der Waals surface area contributed by atoms with Gasteiger partial charge in [0.15, 0.2) is 0 Å². The molecule has 0 amide bonds. The molecule has 0 aliphatic rings. The van der Waals surface area contributed by atoms with Crippen molar-refractivity contribution in [3.05, 3.63) is 206 Å². The van der Waals surface area contributed by atoms with Gasteiger partial charge >= 0.3 is 0 Å². The average Bonchev–Trinajstić information content (AvgIpc) is 3.86. The molecule has 4 nitrogen and oxygen atoms in total. The monoisotopic (exact) mass is 738 g/mol. The Kier molecular flexibility index (Phi) is 7.20. The maximum atomic E-state index is 5.55. The summed E-state index contributed by atoms with van der Waals surface area (Å²) >= 11 is 0. The Morgan fingerprint density at radius 3 is 1.59 bits per heavy atom. The first kappa shape index (κ1) is 32.4. The summed E-state index contributed by atoms with van der Waals surface area (Å²) in [6, 6.07) is 73.8. The number of para-hydroxylation sites is 4. The van der Waals surface area contributed by atoms with Gasteiger partial charge in [0.1, 0.15) is 11.5 Å². The molecule has 270 valence electrons. The Morgan fingerprint density at radius 1 is 0.310 bits per heavy atom. The van der Waals surface area contributed by atoms with Gasteiger partial charge in [-0.1, -0.05) is 146 Å². The van der Waals surface area contributed by atoms with Crippen molar-refractivity contribution in [2.75, 3.05) is 0 Å². The zero-order valence-electron chi connectivity index (χ0n) is 31.4. The second-order valence-electron chi connectivity index (χ2n) is 15.0. The van der Waals surface area contributed by atoms with Crippen LogP contribution in [0, 0.1) is 0 Å². The highest BCUT2D eigenvalue weighted by molar-refractivity contribution is 6.30. The van der Waals surface area contributed by atoms with Gasteiger partial charge in [-0.2, -0.15) is 0 Å². The first-order chi connectivity index (χ1) is 28.8. The van der Waals surface area contributed by atoms with Gasteiger partial charge in [0.2, 0.25) is 0 Å². The van der Waals surface area contributed by atoms with Gasteiger partial charge in [0.25, 0.3) is 0 Å². The topological polar surface area (TPSA) is 35.1 Å². The van der Waals surface area contributed by atoms with Crippen LogP contribution in [0.15, 0.2) is 206 Å². The van der Waals surface area contributed by atoms with Crippen molar-refractivity contribution in [3.8, 4) is 50.5 Å². The van der Waals surface area contributed by atoms with Crippen LogP contribution in [0.5, 0.6) is 0 Å². The molecule has 0 aliphatic carbocycles. The van der Waals surface area contributed by atoms with Crippen molar-refractivity contribution in [2.24, 2.45) is 0 Å². The molecule has 58 heavy (non-hydrogen) atoms. The number of hydrogen-bond acceptors (Lipinski definition) is 2. The number of nitrogens with zero attached hydrogens (tertiary/aromatic N) is 4. The van der Waals surface area contributed by atoms with Crippen LogP contribution in [-0.2, 0) is 0 Å². The van der Waals surface area contributed by atoms with E-state index in [2.05, 4.69) is 215 Å². The molecule has 4 heterocycles. The lowest BCUT2D eigenvalue weighted by molar-refractivity contribution is 1.08. The molecule has 12 rings (SSSR count). The summed E-state index contributed by atoms with van der Waals surface area (Å²) in [6.45, 7) is 0. The predicted molar refractivity (Wildman–Crippen MR) is 242 cm³/mol. The Morgan fingerprint density at radius 2 is 0.862 bits per heavy atom. The smallest absolute Gasteiger partial charge is 0.146 e. The van der Waals surface area contributed by atoms with E-state index in [1.54, 1.807) is 0 Å². The van der Waals surface area contributed by atoms with E-state index in [1.165, 1.54) is 38.2 Å². The molecule has 0 fully saturated rings. The van der Waals surface area contributed by atoms with E-state index in [4.69, 9.17) is 9.97 Å². The lowest BCUT2D eigenvalue weighted by atomic mass is 9.97. The summed E-state index contributed by atoms with van der Waals surface area (Å²) in [5.41, 5.74) is 15.3. The van der Waals surface area contributed by atoms with Crippen molar-refractivity contribution in [1.29, 1.82) is 0 Å². The van der Waals surface area contributed by atoms with Crippen molar-refractivity contribution in [3.63, 3.8) is 0 Å². The van der Waals surface area contributed by atoms with Crippen molar-refractivity contribution in [1.82, 2.24) is 18.9 Å². The van der Waals surface area contributed by atoms with Crippen LogP contribution in [0.25, 0.3) is 111 Å². The molecule has 0 unspecified atom stereocenters. The third-order valence-electron chi connectivity index (χ3n) is 11.7. The number of fused-ring (bicyclic) bond motifs is 12. The standard InChI is InChI=1S/C54H34N4/c1-3-15-35(16-4-1)37-19-13-21-39(31-37)41-33-46(40-22-14-20-38(32-40)36-17-5-2-6-18-36)55-51(34-41)57-47-26-10-8-24-43(47)53-50(57)30-29-44-52(53)42-23-7-11-27-48(42)58-49-28-12-9-25-45(49)56-54(44)58/h1-34H. The van der Waals surface area contributed by atoms with Gasteiger partial charge in [-0.25, -0.2) is 9.97 Å². The largest absolute Gasteiger partial charge is 0.294 e. The third-order valence-corrected chi connectivity index (χ3v) is 11.7. The fourth-order valence-electron chi connectivity index (χ4n) is 9.05. The van der Waals surface area contributed by atoms with Crippen molar-refractivity contribution in [2.45, 2.75) is 0 Å². The van der Waals surface area contributed by atoms with E-state index >= 15 is 0 Å². The van der Waals surface area contributed by atoms with E-state index < -0.39 is 0 Å². The molecule has 4 aromatic heterocycles. The van der Waals surface area contributed by atoms with Gasteiger partial charge in [0.05, 0.1) is 33.3 Å². The molecule has 8 aromatic carbocycles. The minimum atomic E-state index is 0.866. The first-order valence-electron chi connectivity index (χ1n) is 19.7. The molecule has 0 bridgehead atoms. The zero-order chi connectivity index (χ0) is 38.2. The summed E-state index contributed by atoms with van der Waals surface area (Å²) in [5, 5.41) is 5.90. The van der Waals surface area contributed by atoms with Crippen molar-refractivity contribution >= 4 is 60.2 Å². The number of imidazole rings is 1. The molecule has 0 atom stereocenters. The fraction of sp³-hybridized carbons (Fsp3) is 0. The molecule has 0 spiro atoms. The summed E-state index contributed by atoms with van der Waals surface area (Å²) in [6.07, 6.45) is 0. The Labute approximate surface area is 334 Å². The minimum Gasteiger partial charge on any atom is -0.294 e. The number of hydrogen-bond donors (Lipinski definition) is 0. The quantitative estimate of drug-likeness (QED) is 0.165. The first-order valence-corrected chi connectivity index (χ1v) is 19.7. The minimum absolute atomic E-state index is 0.866. The molecule has 0 saturated carbocycles.